The van der Waals surface area contributed by atoms with Crippen molar-refractivity contribution in [3.8, 4) is 0 Å². The molecule has 1 fully saturated rings. The van der Waals surface area contributed by atoms with Crippen LogP contribution in [0.4, 0.5) is 4.39 Å². The highest BCUT2D eigenvalue weighted by Crippen LogP contribution is 2.40. The van der Waals surface area contributed by atoms with Crippen LogP contribution < -0.4 is 0 Å². The Hall–Kier alpha value is -1.18. The van der Waals surface area contributed by atoms with E-state index in [9.17, 15) is 9.18 Å². The second kappa shape index (κ2) is 13.9. The van der Waals surface area contributed by atoms with Crippen LogP contribution in [0.5, 0.6) is 0 Å². The molecule has 0 heterocycles. The average Bonchev–Trinajstić information content (AvgIpc) is 3.52. The van der Waals surface area contributed by atoms with E-state index < -0.39 is 0 Å². The molecule has 158 valence electrons. The summed E-state index contributed by atoms with van der Waals surface area (Å²) in [4.78, 5) is 12.7. The fourth-order valence-corrected chi connectivity index (χ4v) is 4.32. The van der Waals surface area contributed by atoms with Crippen molar-refractivity contribution in [3.05, 3.63) is 35.6 Å². The van der Waals surface area contributed by atoms with E-state index >= 15 is 0 Å². The summed E-state index contributed by atoms with van der Waals surface area (Å²) in [6.07, 6.45) is 19.8. The number of hydrogen-bond acceptors (Lipinski definition) is 1. The third-order valence-corrected chi connectivity index (χ3v) is 6.30. The molecule has 1 aromatic carbocycles. The first-order valence-corrected chi connectivity index (χ1v) is 12.0. The second-order valence-electron chi connectivity index (χ2n) is 8.86. The fourth-order valence-electron chi connectivity index (χ4n) is 4.32. The zero-order valence-corrected chi connectivity index (χ0v) is 18.1. The fraction of sp³-hybridized carbons (Fsp3) is 0.731. The predicted octanol–water partition coefficient (Wildman–Crippen LogP) is 8.05. The lowest BCUT2D eigenvalue weighted by molar-refractivity contribution is -0.123. The van der Waals surface area contributed by atoms with Crippen molar-refractivity contribution in [2.45, 2.75) is 110 Å². The van der Waals surface area contributed by atoms with Crippen LogP contribution in [0, 0.1) is 17.7 Å². The van der Waals surface area contributed by atoms with Gasteiger partial charge in [-0.05, 0) is 36.8 Å². The van der Waals surface area contributed by atoms with Crippen LogP contribution in [0.25, 0.3) is 0 Å². The number of carbonyl (C=O) groups is 1. The lowest BCUT2D eigenvalue weighted by Crippen LogP contribution is -2.19. The summed E-state index contributed by atoms with van der Waals surface area (Å²) in [5.74, 6) is 0.765. The van der Waals surface area contributed by atoms with Crippen molar-refractivity contribution < 1.29 is 9.18 Å². The van der Waals surface area contributed by atoms with Gasteiger partial charge in [0.05, 0.1) is 0 Å². The van der Waals surface area contributed by atoms with Gasteiger partial charge in [0.25, 0.3) is 0 Å². The first kappa shape index (κ1) is 23.1. The monoisotopic (exact) mass is 388 g/mol. The average molecular weight is 389 g/mol. The number of rotatable bonds is 17. The first-order chi connectivity index (χ1) is 13.7. The summed E-state index contributed by atoms with van der Waals surface area (Å²) >= 11 is 0. The molecule has 1 aliphatic rings. The molecular formula is C26H41FO. The van der Waals surface area contributed by atoms with Crippen LogP contribution in [-0.4, -0.2) is 5.78 Å². The van der Waals surface area contributed by atoms with Crippen molar-refractivity contribution in [2.75, 3.05) is 0 Å². The van der Waals surface area contributed by atoms with Crippen LogP contribution in [0.1, 0.15) is 109 Å². The molecule has 1 nitrogen and oxygen atoms in total. The molecule has 2 heteroatoms. The summed E-state index contributed by atoms with van der Waals surface area (Å²) in [5.41, 5.74) is 0.563. The van der Waals surface area contributed by atoms with Gasteiger partial charge in [-0.3, -0.25) is 4.79 Å². The Labute approximate surface area is 172 Å². The molecule has 0 N–H and O–H groups in total. The molecule has 1 saturated carbocycles. The number of ketones is 1. The number of halogens is 1. The Balaban J connectivity index is 1.53. The van der Waals surface area contributed by atoms with Gasteiger partial charge in [0, 0.05) is 12.3 Å². The largest absolute Gasteiger partial charge is 0.299 e. The van der Waals surface area contributed by atoms with E-state index in [2.05, 4.69) is 6.92 Å². The molecule has 0 aromatic heterocycles. The summed E-state index contributed by atoms with van der Waals surface area (Å²) in [6, 6.07) is 6.72. The first-order valence-electron chi connectivity index (χ1n) is 12.0. The topological polar surface area (TPSA) is 17.1 Å². The van der Waals surface area contributed by atoms with E-state index in [0.717, 1.165) is 12.8 Å². The minimum atomic E-state index is -0.240. The molecule has 1 atom stereocenters. The third kappa shape index (κ3) is 9.34. The van der Waals surface area contributed by atoms with Gasteiger partial charge in [-0.25, -0.2) is 4.39 Å². The number of unbranched alkanes of at least 4 members (excludes halogenated alkanes) is 11. The molecule has 0 saturated heterocycles. The van der Waals surface area contributed by atoms with E-state index in [1.807, 2.05) is 6.07 Å². The maximum absolute atomic E-state index is 13.8. The number of benzene rings is 1. The molecule has 1 unspecified atom stereocenters. The molecule has 2 rings (SSSR count). The van der Waals surface area contributed by atoms with Gasteiger partial charge in [-0.1, -0.05) is 102 Å². The predicted molar refractivity (Wildman–Crippen MR) is 117 cm³/mol. The Morgan fingerprint density at radius 3 is 1.96 bits per heavy atom. The smallest absolute Gasteiger partial charge is 0.140 e. The summed E-state index contributed by atoms with van der Waals surface area (Å²) in [5, 5.41) is 0. The highest BCUT2D eigenvalue weighted by Gasteiger charge is 2.35. The van der Waals surface area contributed by atoms with Gasteiger partial charge >= 0.3 is 0 Å². The maximum Gasteiger partial charge on any atom is 0.140 e. The standard InChI is InChI=1S/C26H41FO/c1-2-3-4-5-6-7-8-9-10-11-12-13-17-24(22-19-20-22)26(28)21-23-16-14-15-18-25(23)27/h14-16,18,22,24H,2-13,17,19-21H2,1H3. The van der Waals surface area contributed by atoms with Gasteiger partial charge in [0.1, 0.15) is 11.6 Å². The Kier molecular flexibility index (Phi) is 11.5. The molecule has 0 radical (unpaired) electrons. The van der Waals surface area contributed by atoms with E-state index in [0.29, 0.717) is 11.5 Å². The Bertz CT molecular complexity index is 549. The van der Waals surface area contributed by atoms with Gasteiger partial charge in [0.2, 0.25) is 0 Å². The normalized spacial score (nSPS) is 14.9. The SMILES string of the molecule is CCCCCCCCCCCCCCC(C(=O)Cc1ccccc1F)C1CC1. The van der Waals surface area contributed by atoms with Crippen LogP contribution in [0.15, 0.2) is 24.3 Å². The molecule has 0 spiro atoms. The van der Waals surface area contributed by atoms with Crippen LogP contribution in [-0.2, 0) is 11.2 Å². The van der Waals surface area contributed by atoms with Gasteiger partial charge in [0.15, 0.2) is 0 Å². The van der Waals surface area contributed by atoms with Gasteiger partial charge < -0.3 is 0 Å². The lowest BCUT2D eigenvalue weighted by atomic mass is 9.88. The van der Waals surface area contributed by atoms with E-state index in [1.54, 1.807) is 12.1 Å². The van der Waals surface area contributed by atoms with Crippen LogP contribution >= 0.6 is 0 Å². The minimum Gasteiger partial charge on any atom is -0.299 e. The van der Waals surface area contributed by atoms with Crippen LogP contribution in [0.3, 0.4) is 0 Å². The van der Waals surface area contributed by atoms with Gasteiger partial charge in [-0.2, -0.15) is 0 Å². The highest BCUT2D eigenvalue weighted by molar-refractivity contribution is 5.83. The van der Waals surface area contributed by atoms with E-state index in [-0.39, 0.29) is 23.9 Å². The van der Waals surface area contributed by atoms with Crippen molar-refractivity contribution >= 4 is 5.78 Å². The molecule has 28 heavy (non-hydrogen) atoms. The highest BCUT2D eigenvalue weighted by atomic mass is 19.1. The van der Waals surface area contributed by atoms with Crippen molar-refractivity contribution in [2.24, 2.45) is 11.8 Å². The minimum absolute atomic E-state index is 0.169. The van der Waals surface area contributed by atoms with Crippen molar-refractivity contribution in [1.82, 2.24) is 0 Å². The quantitative estimate of drug-likeness (QED) is 0.247. The maximum atomic E-state index is 13.8. The van der Waals surface area contributed by atoms with Gasteiger partial charge in [-0.15, -0.1) is 0 Å². The van der Waals surface area contributed by atoms with E-state index in [4.69, 9.17) is 0 Å². The molecule has 0 aliphatic heterocycles. The lowest BCUT2D eigenvalue weighted by Gasteiger charge is -2.15. The molecule has 1 aromatic rings. The number of Topliss-reactive ketones (excluding diaryl/α,β-unsaturated/α-hetero) is 1. The van der Waals surface area contributed by atoms with Crippen LogP contribution in [0.2, 0.25) is 0 Å². The third-order valence-electron chi connectivity index (χ3n) is 6.30. The zero-order chi connectivity index (χ0) is 20.0. The number of carbonyl (C=O) groups excluding carboxylic acids is 1. The number of hydrogen-bond donors (Lipinski definition) is 0. The summed E-state index contributed by atoms with van der Waals surface area (Å²) in [7, 11) is 0. The second-order valence-corrected chi connectivity index (χ2v) is 8.86. The van der Waals surface area contributed by atoms with E-state index in [1.165, 1.54) is 89.5 Å². The molecule has 0 bridgehead atoms. The molecule has 1 aliphatic carbocycles. The molecule has 0 amide bonds. The Morgan fingerprint density at radius 2 is 1.43 bits per heavy atom. The Morgan fingerprint density at radius 1 is 0.893 bits per heavy atom. The summed E-state index contributed by atoms with van der Waals surface area (Å²) in [6.45, 7) is 2.27. The summed E-state index contributed by atoms with van der Waals surface area (Å²) < 4.78 is 13.8. The van der Waals surface area contributed by atoms with Crippen molar-refractivity contribution in [1.29, 1.82) is 0 Å². The molecular weight excluding hydrogens is 347 g/mol. The zero-order valence-electron chi connectivity index (χ0n) is 18.1. The van der Waals surface area contributed by atoms with Crippen molar-refractivity contribution in [3.63, 3.8) is 0 Å².